The van der Waals surface area contributed by atoms with Crippen molar-refractivity contribution in [2.45, 2.75) is 39.7 Å². The minimum Gasteiger partial charge on any atom is -0.487 e. The van der Waals surface area contributed by atoms with Gasteiger partial charge in [0.25, 0.3) is 0 Å². The summed E-state index contributed by atoms with van der Waals surface area (Å²) in [6, 6.07) is 4.66. The van der Waals surface area contributed by atoms with Gasteiger partial charge in [0, 0.05) is 23.2 Å². The minimum absolute atomic E-state index is 0.0523. The van der Waals surface area contributed by atoms with Crippen molar-refractivity contribution >= 4 is 11.4 Å². The number of nitro groups is 1. The molecule has 7 nitrogen and oxygen atoms in total. The average Bonchev–Trinajstić information content (AvgIpc) is 2.94. The van der Waals surface area contributed by atoms with Crippen molar-refractivity contribution < 1.29 is 14.1 Å². The zero-order valence-electron chi connectivity index (χ0n) is 13.8. The van der Waals surface area contributed by atoms with Crippen molar-refractivity contribution in [2.24, 2.45) is 0 Å². The van der Waals surface area contributed by atoms with E-state index in [1.165, 1.54) is 6.07 Å². The van der Waals surface area contributed by atoms with Crippen molar-refractivity contribution in [3.05, 3.63) is 46.2 Å². The first-order valence-electron chi connectivity index (χ1n) is 7.41. The minimum atomic E-state index is -0.460. The van der Waals surface area contributed by atoms with E-state index in [-0.39, 0.29) is 16.9 Å². The fourth-order valence-electron chi connectivity index (χ4n) is 1.96. The van der Waals surface area contributed by atoms with Gasteiger partial charge in [-0.25, -0.2) is 4.98 Å². The number of nitrogens with zero attached hydrogens (tertiary/aromatic N) is 2. The number of aromatic nitrogens is 1. The fraction of sp³-hybridized carbons (Fsp3) is 0.438. The van der Waals surface area contributed by atoms with Gasteiger partial charge in [0.2, 0.25) is 5.89 Å². The topological polar surface area (TPSA) is 90.4 Å². The monoisotopic (exact) mass is 319 g/mol. The number of nitrogens with one attached hydrogen (secondary N) is 1. The number of anilines is 1. The van der Waals surface area contributed by atoms with Gasteiger partial charge in [0.05, 0.1) is 24.3 Å². The predicted molar refractivity (Wildman–Crippen MR) is 86.8 cm³/mol. The second kappa shape index (κ2) is 6.68. The summed E-state index contributed by atoms with van der Waals surface area (Å²) in [5.41, 5.74) is 0.555. The van der Waals surface area contributed by atoms with Gasteiger partial charge in [-0.15, -0.1) is 0 Å². The van der Waals surface area contributed by atoms with E-state index in [0.717, 1.165) is 5.76 Å². The van der Waals surface area contributed by atoms with Crippen LogP contribution in [0.3, 0.4) is 0 Å². The van der Waals surface area contributed by atoms with Crippen LogP contribution in [0.25, 0.3) is 0 Å². The third-order valence-electron chi connectivity index (χ3n) is 3.19. The van der Waals surface area contributed by atoms with Crippen LogP contribution in [0.1, 0.15) is 39.3 Å². The number of nitro benzene ring substituents is 1. The lowest BCUT2D eigenvalue weighted by atomic mass is 9.94. The lowest BCUT2D eigenvalue weighted by Crippen LogP contribution is -2.09. The molecule has 1 heterocycles. The van der Waals surface area contributed by atoms with Crippen LogP contribution < -0.4 is 10.1 Å². The predicted octanol–water partition coefficient (Wildman–Crippen LogP) is 3.89. The highest BCUT2D eigenvalue weighted by Gasteiger charge is 2.19. The molecule has 7 heteroatoms. The maximum absolute atomic E-state index is 11.0. The molecule has 0 saturated carbocycles. The van der Waals surface area contributed by atoms with Crippen molar-refractivity contribution in [1.29, 1.82) is 0 Å². The van der Waals surface area contributed by atoms with Gasteiger partial charge in [-0.05, 0) is 13.0 Å². The normalized spacial score (nSPS) is 11.3. The maximum Gasteiger partial charge on any atom is 0.311 e. The van der Waals surface area contributed by atoms with Crippen LogP contribution in [-0.2, 0) is 12.0 Å². The molecule has 0 atom stereocenters. The molecule has 0 aliphatic rings. The Kier molecular flexibility index (Phi) is 4.88. The van der Waals surface area contributed by atoms with Gasteiger partial charge in [-0.3, -0.25) is 10.1 Å². The molecule has 0 aliphatic carbocycles. The summed E-state index contributed by atoms with van der Waals surface area (Å²) >= 11 is 0. The van der Waals surface area contributed by atoms with Crippen LogP contribution in [0.2, 0.25) is 0 Å². The summed E-state index contributed by atoms with van der Waals surface area (Å²) < 4.78 is 11.0. The number of oxazole rings is 1. The molecule has 2 aromatic rings. The molecule has 1 N–H and O–H groups in total. The SMILES string of the molecule is CCOc1cc(NCc2ncc(C(C)(C)C)o2)ccc1[N+](=O)[O-]. The van der Waals surface area contributed by atoms with Crippen molar-refractivity contribution in [2.75, 3.05) is 11.9 Å². The van der Waals surface area contributed by atoms with Gasteiger partial charge in [0.15, 0.2) is 5.75 Å². The van der Waals surface area contributed by atoms with Gasteiger partial charge in [0.1, 0.15) is 5.76 Å². The third-order valence-corrected chi connectivity index (χ3v) is 3.19. The molecule has 124 valence electrons. The summed E-state index contributed by atoms with van der Waals surface area (Å²) in [5.74, 6) is 1.62. The highest BCUT2D eigenvalue weighted by atomic mass is 16.6. The number of ether oxygens (including phenoxy) is 1. The highest BCUT2D eigenvalue weighted by molar-refractivity contribution is 5.57. The molecule has 1 aromatic carbocycles. The molecular formula is C16H21N3O4. The average molecular weight is 319 g/mol. The lowest BCUT2D eigenvalue weighted by molar-refractivity contribution is -0.385. The molecule has 23 heavy (non-hydrogen) atoms. The Morgan fingerprint density at radius 2 is 2.13 bits per heavy atom. The Labute approximate surface area is 134 Å². The van der Waals surface area contributed by atoms with Gasteiger partial charge in [-0.1, -0.05) is 20.8 Å². The Hall–Kier alpha value is -2.57. The molecule has 0 spiro atoms. The number of rotatable bonds is 6. The molecule has 0 saturated heterocycles. The van der Waals surface area contributed by atoms with Gasteiger partial charge in [-0.2, -0.15) is 0 Å². The Bertz CT molecular complexity index is 689. The van der Waals surface area contributed by atoms with E-state index in [1.54, 1.807) is 25.3 Å². The van der Waals surface area contributed by atoms with E-state index >= 15 is 0 Å². The lowest BCUT2D eigenvalue weighted by Gasteiger charge is -2.13. The molecule has 0 amide bonds. The largest absolute Gasteiger partial charge is 0.487 e. The fourth-order valence-corrected chi connectivity index (χ4v) is 1.96. The van der Waals surface area contributed by atoms with E-state index in [2.05, 4.69) is 31.1 Å². The van der Waals surface area contributed by atoms with Gasteiger partial charge >= 0.3 is 5.69 Å². The van der Waals surface area contributed by atoms with Gasteiger partial charge < -0.3 is 14.5 Å². The zero-order chi connectivity index (χ0) is 17.0. The standard InChI is InChI=1S/C16H21N3O4/c1-5-22-13-8-11(6-7-12(13)19(20)21)17-10-15-18-9-14(23-15)16(2,3)4/h6-9,17H,5,10H2,1-4H3. The van der Waals surface area contributed by atoms with Crippen LogP contribution in [-0.4, -0.2) is 16.5 Å². The molecule has 0 fully saturated rings. The molecule has 2 rings (SSSR count). The molecule has 0 aliphatic heterocycles. The molecule has 1 aromatic heterocycles. The molecule has 0 unspecified atom stereocenters. The second-order valence-electron chi connectivity index (χ2n) is 6.09. The summed E-state index contributed by atoms with van der Waals surface area (Å²) in [6.07, 6.45) is 1.72. The third kappa shape index (κ3) is 4.21. The van der Waals surface area contributed by atoms with Crippen LogP contribution in [0, 0.1) is 10.1 Å². The van der Waals surface area contributed by atoms with E-state index < -0.39 is 4.92 Å². The van der Waals surface area contributed by atoms with Crippen molar-refractivity contribution in [1.82, 2.24) is 4.98 Å². The maximum atomic E-state index is 11.0. The van der Waals surface area contributed by atoms with E-state index in [4.69, 9.17) is 9.15 Å². The zero-order valence-corrected chi connectivity index (χ0v) is 13.8. The Morgan fingerprint density at radius 1 is 1.39 bits per heavy atom. The summed E-state index contributed by atoms with van der Waals surface area (Å²) in [4.78, 5) is 14.7. The van der Waals surface area contributed by atoms with Crippen LogP contribution in [0.15, 0.2) is 28.8 Å². The quantitative estimate of drug-likeness (QED) is 0.641. The highest BCUT2D eigenvalue weighted by Crippen LogP contribution is 2.30. The Morgan fingerprint density at radius 3 is 2.70 bits per heavy atom. The first kappa shape index (κ1) is 16.8. The number of hydrogen-bond donors (Lipinski definition) is 1. The van der Waals surface area contributed by atoms with Crippen LogP contribution in [0.4, 0.5) is 11.4 Å². The summed E-state index contributed by atoms with van der Waals surface area (Å²) in [5, 5.41) is 14.1. The van der Waals surface area contributed by atoms with Crippen LogP contribution >= 0.6 is 0 Å². The van der Waals surface area contributed by atoms with E-state index in [9.17, 15) is 10.1 Å². The Balaban J connectivity index is 2.10. The molecule has 0 bridgehead atoms. The first-order valence-corrected chi connectivity index (χ1v) is 7.41. The summed E-state index contributed by atoms with van der Waals surface area (Å²) in [7, 11) is 0. The second-order valence-corrected chi connectivity index (χ2v) is 6.09. The molecular weight excluding hydrogens is 298 g/mol. The first-order chi connectivity index (χ1) is 10.8. The smallest absolute Gasteiger partial charge is 0.311 e. The van der Waals surface area contributed by atoms with E-state index in [0.29, 0.717) is 24.7 Å². The van der Waals surface area contributed by atoms with E-state index in [1.807, 2.05) is 0 Å². The number of hydrogen-bond acceptors (Lipinski definition) is 6. The summed E-state index contributed by atoms with van der Waals surface area (Å²) in [6.45, 7) is 8.68. The molecule has 0 radical (unpaired) electrons. The van der Waals surface area contributed by atoms with Crippen molar-refractivity contribution in [3.8, 4) is 5.75 Å². The van der Waals surface area contributed by atoms with Crippen molar-refractivity contribution in [3.63, 3.8) is 0 Å². The number of benzene rings is 1. The van der Waals surface area contributed by atoms with Crippen LogP contribution in [0.5, 0.6) is 5.75 Å².